The van der Waals surface area contributed by atoms with E-state index in [1.807, 2.05) is 30.3 Å². The average Bonchev–Trinajstić information content (AvgIpc) is 3.15. The minimum atomic E-state index is 0.778. The first kappa shape index (κ1) is 11.4. The van der Waals surface area contributed by atoms with E-state index >= 15 is 0 Å². The summed E-state index contributed by atoms with van der Waals surface area (Å²) in [4.78, 5) is 10.2. The summed E-state index contributed by atoms with van der Waals surface area (Å²) in [6.45, 7) is 0. The molecule has 96 valence electrons. The summed E-state index contributed by atoms with van der Waals surface area (Å²) >= 11 is 1.69. The van der Waals surface area contributed by atoms with Crippen molar-refractivity contribution in [1.29, 1.82) is 0 Å². The Morgan fingerprint density at radius 1 is 0.900 bits per heavy atom. The predicted octanol–water partition coefficient (Wildman–Crippen LogP) is 4.15. The third kappa shape index (κ3) is 1.73. The van der Waals surface area contributed by atoms with Gasteiger partial charge in [-0.3, -0.25) is 4.57 Å². The van der Waals surface area contributed by atoms with Crippen molar-refractivity contribution in [3.05, 3.63) is 66.2 Å². The molecule has 0 atom stereocenters. The lowest BCUT2D eigenvalue weighted by Gasteiger charge is -2.07. The Labute approximate surface area is 120 Å². The van der Waals surface area contributed by atoms with E-state index in [2.05, 4.69) is 39.2 Å². The Hall–Kier alpha value is -2.46. The molecule has 0 unspecified atom stereocenters. The summed E-state index contributed by atoms with van der Waals surface area (Å²) in [5.41, 5.74) is 2.91. The highest BCUT2D eigenvalue weighted by Gasteiger charge is 2.14. The van der Waals surface area contributed by atoms with Gasteiger partial charge in [-0.15, -0.1) is 11.3 Å². The van der Waals surface area contributed by atoms with Crippen molar-refractivity contribution in [3.63, 3.8) is 0 Å². The molecule has 4 aromatic rings. The molecule has 0 aliphatic rings. The van der Waals surface area contributed by atoms with E-state index in [-0.39, 0.29) is 0 Å². The molecule has 4 rings (SSSR count). The molecule has 0 fully saturated rings. The number of benzene rings is 1. The molecule has 3 heterocycles. The molecular weight excluding hydrogens is 266 g/mol. The van der Waals surface area contributed by atoms with Gasteiger partial charge in [-0.1, -0.05) is 24.3 Å². The van der Waals surface area contributed by atoms with Crippen LogP contribution < -0.4 is 0 Å². The summed E-state index contributed by atoms with van der Waals surface area (Å²) in [5, 5.41) is 2.07. The fraction of sp³-hybridized carbons (Fsp3) is 0. The second-order valence-corrected chi connectivity index (χ2v) is 5.38. The second-order valence-electron chi connectivity index (χ2n) is 4.43. The first-order chi connectivity index (χ1) is 9.93. The summed E-state index contributed by atoms with van der Waals surface area (Å²) < 4.78 is 2.16. The number of fused-ring (bicyclic) bond motifs is 1. The molecule has 3 nitrogen and oxygen atoms in total. The summed E-state index contributed by atoms with van der Waals surface area (Å²) in [6, 6.07) is 18.4. The number of aromatic nitrogens is 3. The molecule has 3 aromatic heterocycles. The molecule has 0 radical (unpaired) electrons. The molecule has 0 bridgehead atoms. The van der Waals surface area contributed by atoms with Gasteiger partial charge < -0.3 is 0 Å². The summed E-state index contributed by atoms with van der Waals surface area (Å²) in [5.74, 6) is 0.944. The molecule has 0 amide bonds. The average molecular weight is 277 g/mol. The lowest BCUT2D eigenvalue weighted by molar-refractivity contribution is 1.11. The van der Waals surface area contributed by atoms with Crippen LogP contribution in [0, 0.1) is 0 Å². The fourth-order valence-corrected chi connectivity index (χ4v) is 3.03. The molecule has 4 heteroatoms. The molecule has 0 saturated carbocycles. The van der Waals surface area contributed by atoms with E-state index in [4.69, 9.17) is 4.98 Å². The van der Waals surface area contributed by atoms with Crippen molar-refractivity contribution < 1.29 is 0 Å². The van der Waals surface area contributed by atoms with Crippen LogP contribution in [0.1, 0.15) is 0 Å². The number of imidazole rings is 1. The van der Waals surface area contributed by atoms with Crippen LogP contribution >= 0.6 is 11.3 Å². The molecule has 0 spiro atoms. The van der Waals surface area contributed by atoms with Crippen LogP contribution in [0.4, 0.5) is 0 Å². The van der Waals surface area contributed by atoms with Gasteiger partial charge in [0.2, 0.25) is 0 Å². The van der Waals surface area contributed by atoms with Crippen molar-refractivity contribution in [2.75, 3.05) is 0 Å². The highest BCUT2D eigenvalue weighted by molar-refractivity contribution is 7.13. The molecule has 1 aromatic carbocycles. The standard InChI is InChI=1S/C16H11N3S/c1-2-6-12(7-3-1)19-13-8-4-10-17-15(13)18-16(19)14-9-5-11-20-14/h1-11H. The van der Waals surface area contributed by atoms with Crippen molar-refractivity contribution in [1.82, 2.24) is 14.5 Å². The van der Waals surface area contributed by atoms with Gasteiger partial charge in [0, 0.05) is 11.9 Å². The zero-order valence-corrected chi connectivity index (χ0v) is 11.4. The van der Waals surface area contributed by atoms with Gasteiger partial charge in [-0.05, 0) is 35.7 Å². The second kappa shape index (κ2) is 4.58. The first-order valence-corrected chi connectivity index (χ1v) is 7.24. The smallest absolute Gasteiger partial charge is 0.178 e. The fourth-order valence-electron chi connectivity index (χ4n) is 2.32. The lowest BCUT2D eigenvalue weighted by atomic mass is 10.3. The maximum Gasteiger partial charge on any atom is 0.178 e. The monoisotopic (exact) mass is 277 g/mol. The van der Waals surface area contributed by atoms with Gasteiger partial charge in [-0.2, -0.15) is 0 Å². The molecular formula is C16H11N3S. The van der Waals surface area contributed by atoms with Crippen molar-refractivity contribution >= 4 is 22.5 Å². The Bertz CT molecular complexity index is 848. The molecule has 0 aliphatic heterocycles. The van der Waals surface area contributed by atoms with Crippen LogP contribution in [0.3, 0.4) is 0 Å². The topological polar surface area (TPSA) is 30.7 Å². The van der Waals surface area contributed by atoms with E-state index in [1.165, 1.54) is 0 Å². The van der Waals surface area contributed by atoms with E-state index in [9.17, 15) is 0 Å². The van der Waals surface area contributed by atoms with Crippen LogP contribution in [-0.4, -0.2) is 14.5 Å². The number of pyridine rings is 1. The molecule has 0 N–H and O–H groups in total. The number of nitrogens with zero attached hydrogens (tertiary/aromatic N) is 3. The minimum absolute atomic E-state index is 0.778. The van der Waals surface area contributed by atoms with Crippen molar-refractivity contribution in [3.8, 4) is 16.4 Å². The van der Waals surface area contributed by atoms with Gasteiger partial charge in [0.1, 0.15) is 0 Å². The predicted molar refractivity (Wildman–Crippen MR) is 82.2 cm³/mol. The van der Waals surface area contributed by atoms with Gasteiger partial charge in [0.05, 0.1) is 10.4 Å². The number of hydrogen-bond acceptors (Lipinski definition) is 3. The third-order valence-corrected chi connectivity index (χ3v) is 4.05. The normalized spacial score (nSPS) is 11.0. The van der Waals surface area contributed by atoms with E-state index < -0.39 is 0 Å². The van der Waals surface area contributed by atoms with Crippen molar-refractivity contribution in [2.45, 2.75) is 0 Å². The zero-order valence-electron chi connectivity index (χ0n) is 10.6. The SMILES string of the molecule is c1ccc(-n2c(-c3cccs3)nc3ncccc32)cc1. The van der Waals surface area contributed by atoms with E-state index in [0.717, 1.165) is 27.6 Å². The third-order valence-electron chi connectivity index (χ3n) is 3.19. The molecule has 20 heavy (non-hydrogen) atoms. The van der Waals surface area contributed by atoms with Crippen molar-refractivity contribution in [2.24, 2.45) is 0 Å². The number of rotatable bonds is 2. The van der Waals surface area contributed by atoms with Gasteiger partial charge >= 0.3 is 0 Å². The van der Waals surface area contributed by atoms with Gasteiger partial charge in [0.15, 0.2) is 11.5 Å². The van der Waals surface area contributed by atoms with Crippen LogP contribution in [0.2, 0.25) is 0 Å². The Morgan fingerprint density at radius 2 is 1.80 bits per heavy atom. The Kier molecular flexibility index (Phi) is 2.60. The van der Waals surface area contributed by atoms with Crippen LogP contribution in [-0.2, 0) is 0 Å². The molecule has 0 aliphatic carbocycles. The number of hydrogen-bond donors (Lipinski definition) is 0. The zero-order chi connectivity index (χ0) is 13.4. The minimum Gasteiger partial charge on any atom is -0.290 e. The Balaban J connectivity index is 2.09. The van der Waals surface area contributed by atoms with E-state index in [1.54, 1.807) is 17.5 Å². The highest BCUT2D eigenvalue weighted by atomic mass is 32.1. The Morgan fingerprint density at radius 3 is 2.60 bits per heavy atom. The number of thiophene rings is 1. The van der Waals surface area contributed by atoms with Gasteiger partial charge in [-0.25, -0.2) is 9.97 Å². The van der Waals surface area contributed by atoms with Crippen LogP contribution in [0.5, 0.6) is 0 Å². The van der Waals surface area contributed by atoms with Gasteiger partial charge in [0.25, 0.3) is 0 Å². The maximum absolute atomic E-state index is 4.69. The molecule has 0 saturated heterocycles. The largest absolute Gasteiger partial charge is 0.290 e. The quantitative estimate of drug-likeness (QED) is 0.551. The van der Waals surface area contributed by atoms with Crippen LogP contribution in [0.25, 0.3) is 27.6 Å². The van der Waals surface area contributed by atoms with Crippen LogP contribution in [0.15, 0.2) is 66.2 Å². The summed E-state index contributed by atoms with van der Waals surface area (Å²) in [7, 11) is 0. The summed E-state index contributed by atoms with van der Waals surface area (Å²) in [6.07, 6.45) is 1.78. The lowest BCUT2D eigenvalue weighted by Crippen LogP contribution is -1.95. The van der Waals surface area contributed by atoms with E-state index in [0.29, 0.717) is 0 Å². The first-order valence-electron chi connectivity index (χ1n) is 6.36. The maximum atomic E-state index is 4.69. The number of para-hydroxylation sites is 1. The highest BCUT2D eigenvalue weighted by Crippen LogP contribution is 2.30.